The second kappa shape index (κ2) is 8.44. The molecule has 1 aliphatic heterocycles. The van der Waals surface area contributed by atoms with E-state index < -0.39 is 21.6 Å². The van der Waals surface area contributed by atoms with Gasteiger partial charge in [0, 0.05) is 29.4 Å². The molecule has 0 fully saturated rings. The SMILES string of the molecule is O=S(=O)(Nc1ccccc1-c1ccc2c(c1)OC[C@@H](Cc1ccncc1)[C@@H]2O)C(F)(F)F. The largest absolute Gasteiger partial charge is 0.516 e. The van der Waals surface area contributed by atoms with Gasteiger partial charge in [0.05, 0.1) is 18.4 Å². The average Bonchev–Trinajstić information content (AvgIpc) is 2.75. The van der Waals surface area contributed by atoms with Crippen molar-refractivity contribution in [3.8, 4) is 16.9 Å². The van der Waals surface area contributed by atoms with Gasteiger partial charge in [0.2, 0.25) is 0 Å². The van der Waals surface area contributed by atoms with Crippen molar-refractivity contribution >= 4 is 15.7 Å². The zero-order valence-corrected chi connectivity index (χ0v) is 17.4. The predicted molar refractivity (Wildman–Crippen MR) is 112 cm³/mol. The number of ether oxygens (including phenoxy) is 1. The summed E-state index contributed by atoms with van der Waals surface area (Å²) in [5.41, 5.74) is -3.38. The van der Waals surface area contributed by atoms with Crippen molar-refractivity contribution < 1.29 is 31.4 Å². The van der Waals surface area contributed by atoms with E-state index in [1.54, 1.807) is 41.4 Å². The number of halogens is 3. The second-order valence-corrected chi connectivity index (χ2v) is 9.10. The van der Waals surface area contributed by atoms with Crippen LogP contribution in [-0.4, -0.2) is 30.6 Å². The van der Waals surface area contributed by atoms with E-state index in [1.165, 1.54) is 18.2 Å². The highest BCUT2D eigenvalue weighted by Gasteiger charge is 2.46. The molecule has 10 heteroatoms. The molecular weight excluding hydrogens is 445 g/mol. The van der Waals surface area contributed by atoms with Crippen LogP contribution < -0.4 is 9.46 Å². The molecule has 2 atom stereocenters. The van der Waals surface area contributed by atoms with Gasteiger partial charge in [-0.05, 0) is 41.8 Å². The zero-order chi connectivity index (χ0) is 22.9. The molecule has 6 nitrogen and oxygen atoms in total. The number of nitrogens with one attached hydrogen (secondary N) is 1. The summed E-state index contributed by atoms with van der Waals surface area (Å²) in [7, 11) is -5.57. The summed E-state index contributed by atoms with van der Waals surface area (Å²) in [5, 5.41) is 10.8. The van der Waals surface area contributed by atoms with Crippen LogP contribution in [0.5, 0.6) is 5.75 Å². The molecule has 3 aromatic rings. The van der Waals surface area contributed by atoms with Crippen LogP contribution in [-0.2, 0) is 16.4 Å². The fourth-order valence-electron chi connectivity index (χ4n) is 3.63. The summed E-state index contributed by atoms with van der Waals surface area (Å²) < 4.78 is 69.0. The van der Waals surface area contributed by atoms with Gasteiger partial charge in [-0.15, -0.1) is 0 Å². The standard InChI is InChI=1S/C22H19F3N2O4S/c23-22(24,25)32(29,30)27-19-4-2-1-3-17(19)15-5-6-18-20(12-15)31-13-16(21(18)28)11-14-7-9-26-10-8-14/h1-10,12,16,21,27-28H,11,13H2/t16-,21+/m1/s1. The van der Waals surface area contributed by atoms with Gasteiger partial charge in [-0.3, -0.25) is 9.71 Å². The van der Waals surface area contributed by atoms with Crippen molar-refractivity contribution in [2.75, 3.05) is 11.3 Å². The highest BCUT2D eigenvalue weighted by Crippen LogP contribution is 2.41. The quantitative estimate of drug-likeness (QED) is 0.588. The zero-order valence-electron chi connectivity index (χ0n) is 16.6. The summed E-state index contributed by atoms with van der Waals surface area (Å²) in [4.78, 5) is 3.98. The van der Waals surface area contributed by atoms with Crippen molar-refractivity contribution in [2.24, 2.45) is 5.92 Å². The molecule has 2 aromatic carbocycles. The number of rotatable bonds is 5. The summed E-state index contributed by atoms with van der Waals surface area (Å²) in [6, 6.07) is 14.3. The molecule has 2 N–H and O–H groups in total. The van der Waals surface area contributed by atoms with Crippen molar-refractivity contribution in [3.05, 3.63) is 78.1 Å². The molecule has 0 bridgehead atoms. The molecule has 1 aliphatic rings. The van der Waals surface area contributed by atoms with Crippen LogP contribution in [0.15, 0.2) is 67.0 Å². The number of alkyl halides is 3. The van der Waals surface area contributed by atoms with Crippen molar-refractivity contribution in [2.45, 2.75) is 18.0 Å². The lowest BCUT2D eigenvalue weighted by Gasteiger charge is -2.31. The van der Waals surface area contributed by atoms with Crippen LogP contribution in [0, 0.1) is 5.92 Å². The molecule has 32 heavy (non-hydrogen) atoms. The number of aromatic nitrogens is 1. The van der Waals surface area contributed by atoms with Gasteiger partial charge in [0.25, 0.3) is 0 Å². The molecule has 0 spiro atoms. The summed E-state index contributed by atoms with van der Waals surface area (Å²) in [6.45, 7) is 0.252. The molecule has 0 saturated carbocycles. The van der Waals surface area contributed by atoms with E-state index in [0.29, 0.717) is 23.3 Å². The van der Waals surface area contributed by atoms with E-state index in [1.807, 2.05) is 12.1 Å². The van der Waals surface area contributed by atoms with Crippen LogP contribution in [0.1, 0.15) is 17.2 Å². The molecule has 1 aromatic heterocycles. The molecule has 2 heterocycles. The Morgan fingerprint density at radius 1 is 1.09 bits per heavy atom. The molecule has 0 saturated heterocycles. The molecular formula is C22H19F3N2O4S. The fraction of sp³-hybridized carbons (Fsp3) is 0.227. The average molecular weight is 464 g/mol. The number of benzene rings is 2. The monoisotopic (exact) mass is 464 g/mol. The molecule has 0 radical (unpaired) electrons. The minimum atomic E-state index is -5.57. The predicted octanol–water partition coefficient (Wildman–Crippen LogP) is 4.29. The van der Waals surface area contributed by atoms with E-state index in [9.17, 15) is 26.7 Å². The van der Waals surface area contributed by atoms with E-state index in [2.05, 4.69) is 4.98 Å². The number of pyridine rings is 1. The first-order chi connectivity index (χ1) is 15.2. The minimum Gasteiger partial charge on any atom is -0.493 e. The number of anilines is 1. The summed E-state index contributed by atoms with van der Waals surface area (Å²) >= 11 is 0. The van der Waals surface area contributed by atoms with Gasteiger partial charge in [0.1, 0.15) is 5.75 Å². The van der Waals surface area contributed by atoms with Gasteiger partial charge >= 0.3 is 15.5 Å². The first-order valence-corrected chi connectivity index (χ1v) is 11.2. The summed E-state index contributed by atoms with van der Waals surface area (Å²) in [6.07, 6.45) is 3.15. The Hall–Kier alpha value is -3.11. The minimum absolute atomic E-state index is 0.179. The van der Waals surface area contributed by atoms with Gasteiger partial charge in [-0.25, -0.2) is 0 Å². The van der Waals surface area contributed by atoms with Crippen LogP contribution in [0.3, 0.4) is 0 Å². The topological polar surface area (TPSA) is 88.5 Å². The van der Waals surface area contributed by atoms with Gasteiger partial charge in [0.15, 0.2) is 0 Å². The Bertz CT molecular complexity index is 1220. The summed E-state index contributed by atoms with van der Waals surface area (Å²) in [5.74, 6) is 0.219. The number of para-hydroxylation sites is 1. The lowest BCUT2D eigenvalue weighted by atomic mass is 9.87. The molecule has 0 aliphatic carbocycles. The number of hydrogen-bond donors (Lipinski definition) is 2. The third-order valence-corrected chi connectivity index (χ3v) is 6.36. The maximum atomic E-state index is 12.8. The molecule has 4 rings (SSSR count). The number of fused-ring (bicyclic) bond motifs is 1. The van der Waals surface area contributed by atoms with Crippen LogP contribution in [0.4, 0.5) is 18.9 Å². The molecule has 0 amide bonds. The molecule has 0 unspecified atom stereocenters. The Labute approximate surface area is 182 Å². The lowest BCUT2D eigenvalue weighted by Crippen LogP contribution is -2.30. The van der Waals surface area contributed by atoms with Gasteiger partial charge in [-0.2, -0.15) is 21.6 Å². The maximum Gasteiger partial charge on any atom is 0.516 e. The van der Waals surface area contributed by atoms with Crippen LogP contribution in [0.25, 0.3) is 11.1 Å². The smallest absolute Gasteiger partial charge is 0.493 e. The number of aliphatic hydroxyl groups is 1. The Morgan fingerprint density at radius 3 is 2.53 bits per heavy atom. The second-order valence-electron chi connectivity index (χ2n) is 7.42. The maximum absolute atomic E-state index is 12.8. The van der Waals surface area contributed by atoms with E-state index in [4.69, 9.17) is 4.74 Å². The third-order valence-electron chi connectivity index (χ3n) is 5.27. The Kier molecular flexibility index (Phi) is 5.83. The van der Waals surface area contributed by atoms with Crippen LogP contribution >= 0.6 is 0 Å². The number of nitrogens with zero attached hydrogens (tertiary/aromatic N) is 1. The van der Waals surface area contributed by atoms with Crippen molar-refractivity contribution in [1.82, 2.24) is 4.98 Å². The highest BCUT2D eigenvalue weighted by molar-refractivity contribution is 7.93. The Balaban J connectivity index is 1.61. The van der Waals surface area contributed by atoms with Gasteiger partial charge < -0.3 is 9.84 Å². The van der Waals surface area contributed by atoms with E-state index in [0.717, 1.165) is 5.56 Å². The van der Waals surface area contributed by atoms with Crippen LogP contribution in [0.2, 0.25) is 0 Å². The fourth-order valence-corrected chi connectivity index (χ4v) is 4.22. The lowest BCUT2D eigenvalue weighted by molar-refractivity contribution is -0.0429. The molecule has 168 valence electrons. The first kappa shape index (κ1) is 22.1. The number of aliphatic hydroxyl groups excluding tert-OH is 1. The van der Waals surface area contributed by atoms with Crippen molar-refractivity contribution in [3.63, 3.8) is 0 Å². The highest BCUT2D eigenvalue weighted by atomic mass is 32.2. The van der Waals surface area contributed by atoms with E-state index >= 15 is 0 Å². The van der Waals surface area contributed by atoms with Crippen molar-refractivity contribution in [1.29, 1.82) is 0 Å². The number of hydrogen-bond acceptors (Lipinski definition) is 5. The Morgan fingerprint density at radius 2 is 1.81 bits per heavy atom. The van der Waals surface area contributed by atoms with Gasteiger partial charge in [-0.1, -0.05) is 30.3 Å². The normalized spacial score (nSPS) is 18.5. The van der Waals surface area contributed by atoms with E-state index in [-0.39, 0.29) is 23.8 Å². The first-order valence-electron chi connectivity index (χ1n) is 9.68. The third kappa shape index (κ3) is 4.42. The number of sulfonamides is 1.